The molecule has 4 rings (SSSR count). The molecule has 6 heteroatoms. The van der Waals surface area contributed by atoms with Gasteiger partial charge in [-0.15, -0.1) is 0 Å². The molecule has 1 aromatic carbocycles. The van der Waals surface area contributed by atoms with E-state index in [1.807, 2.05) is 22.9 Å². The minimum atomic E-state index is -0.187. The number of carbonyl (C=O) groups excluding carboxylic acids is 2. The highest BCUT2D eigenvalue weighted by Crippen LogP contribution is 2.32. The van der Waals surface area contributed by atoms with Crippen molar-refractivity contribution in [2.45, 2.75) is 25.3 Å². The molecule has 0 radical (unpaired) electrons. The molecule has 1 aromatic heterocycles. The van der Waals surface area contributed by atoms with Gasteiger partial charge in [-0.1, -0.05) is 12.1 Å². The fourth-order valence-electron chi connectivity index (χ4n) is 2.87. The minimum Gasteiger partial charge on any atom is -0.323 e. The summed E-state index contributed by atoms with van der Waals surface area (Å²) in [7, 11) is 0. The van der Waals surface area contributed by atoms with Crippen LogP contribution >= 0.6 is 0 Å². The molecule has 0 bridgehead atoms. The molecule has 1 aliphatic heterocycles. The molecule has 2 aliphatic rings. The van der Waals surface area contributed by atoms with Crippen molar-refractivity contribution in [2.75, 3.05) is 16.8 Å². The van der Waals surface area contributed by atoms with Crippen LogP contribution in [0.3, 0.4) is 0 Å². The average molecular weight is 296 g/mol. The van der Waals surface area contributed by atoms with Gasteiger partial charge >= 0.3 is 0 Å². The van der Waals surface area contributed by atoms with Crippen molar-refractivity contribution in [3.8, 4) is 0 Å². The van der Waals surface area contributed by atoms with E-state index in [1.165, 1.54) is 11.3 Å². The minimum absolute atomic E-state index is 0.0322. The van der Waals surface area contributed by atoms with Crippen molar-refractivity contribution in [1.82, 2.24) is 9.78 Å². The molecule has 0 saturated heterocycles. The van der Waals surface area contributed by atoms with E-state index in [-0.39, 0.29) is 18.4 Å². The summed E-state index contributed by atoms with van der Waals surface area (Å²) in [5.74, 6) is -0.369. The second-order valence-corrected chi connectivity index (χ2v) is 5.75. The topological polar surface area (TPSA) is 67.2 Å². The molecule has 1 saturated carbocycles. The van der Waals surface area contributed by atoms with Crippen molar-refractivity contribution in [2.24, 2.45) is 0 Å². The lowest BCUT2D eigenvalue weighted by Crippen LogP contribution is -2.42. The normalized spacial score (nSPS) is 17.6. The Balaban J connectivity index is 1.65. The average Bonchev–Trinajstić information content (AvgIpc) is 2.93. The first-order valence-electron chi connectivity index (χ1n) is 7.47. The highest BCUT2D eigenvalue weighted by molar-refractivity contribution is 6.14. The number of anilines is 2. The number of hydrogen-bond acceptors (Lipinski definition) is 3. The Kier molecular flexibility index (Phi) is 2.96. The maximum Gasteiger partial charge on any atom is 0.262 e. The van der Waals surface area contributed by atoms with Crippen LogP contribution in [0.4, 0.5) is 11.4 Å². The Labute approximate surface area is 127 Å². The molecule has 112 valence electrons. The van der Waals surface area contributed by atoms with Gasteiger partial charge in [0.1, 0.15) is 6.54 Å². The molecular weight excluding hydrogens is 280 g/mol. The van der Waals surface area contributed by atoms with E-state index >= 15 is 0 Å². The lowest BCUT2D eigenvalue weighted by Gasteiger charge is -2.29. The van der Waals surface area contributed by atoms with Gasteiger partial charge in [-0.2, -0.15) is 5.10 Å². The summed E-state index contributed by atoms with van der Waals surface area (Å²) in [5.41, 5.74) is 1.92. The van der Waals surface area contributed by atoms with Crippen LogP contribution in [0.5, 0.6) is 0 Å². The fraction of sp³-hybridized carbons (Fsp3) is 0.312. The van der Waals surface area contributed by atoms with Crippen LogP contribution < -0.4 is 10.2 Å². The summed E-state index contributed by atoms with van der Waals surface area (Å²) in [5, 5.41) is 7.08. The van der Waals surface area contributed by atoms with Crippen molar-refractivity contribution >= 4 is 23.2 Å². The number of aromatic nitrogens is 2. The Morgan fingerprint density at radius 2 is 2.09 bits per heavy atom. The smallest absolute Gasteiger partial charge is 0.262 e. The summed E-state index contributed by atoms with van der Waals surface area (Å²) in [6, 6.07) is 7.74. The third-order valence-corrected chi connectivity index (χ3v) is 4.31. The molecule has 2 heterocycles. The summed E-state index contributed by atoms with van der Waals surface area (Å²) < 4.78 is 1.87. The molecule has 1 aliphatic carbocycles. The molecule has 1 fully saturated rings. The maximum atomic E-state index is 12.7. The Hall–Kier alpha value is -2.63. The SMILES string of the molecule is O=C1CN(C(=O)c2cnn(C3CCC3)c2)c2ccccc2N1. The first kappa shape index (κ1) is 13.1. The van der Waals surface area contributed by atoms with Crippen LogP contribution in [-0.4, -0.2) is 28.1 Å². The standard InChI is InChI=1S/C16H16N4O2/c21-15-10-19(14-7-2-1-6-13(14)18-15)16(22)11-8-17-20(9-11)12-4-3-5-12/h1-2,6-9,12H,3-5,10H2,(H,18,21). The van der Waals surface area contributed by atoms with Gasteiger partial charge in [0.25, 0.3) is 5.91 Å². The summed E-state index contributed by atoms with van der Waals surface area (Å²) in [4.78, 5) is 26.1. The van der Waals surface area contributed by atoms with Crippen molar-refractivity contribution in [3.05, 3.63) is 42.2 Å². The number of hydrogen-bond donors (Lipinski definition) is 1. The number of para-hydroxylation sites is 2. The van der Waals surface area contributed by atoms with Crippen LogP contribution in [0.2, 0.25) is 0 Å². The molecule has 2 amide bonds. The van der Waals surface area contributed by atoms with Crippen molar-refractivity contribution in [1.29, 1.82) is 0 Å². The second kappa shape index (κ2) is 4.98. The predicted molar refractivity (Wildman–Crippen MR) is 81.9 cm³/mol. The summed E-state index contributed by atoms with van der Waals surface area (Å²) in [6.45, 7) is 0.0322. The molecule has 2 aromatic rings. The molecule has 0 unspecified atom stereocenters. The van der Waals surface area contributed by atoms with Gasteiger partial charge in [-0.05, 0) is 31.4 Å². The van der Waals surface area contributed by atoms with Gasteiger partial charge in [0.15, 0.2) is 0 Å². The summed E-state index contributed by atoms with van der Waals surface area (Å²) >= 11 is 0. The van der Waals surface area contributed by atoms with Gasteiger partial charge in [0.05, 0.1) is 29.2 Å². The summed E-state index contributed by atoms with van der Waals surface area (Å²) in [6.07, 6.45) is 6.83. The molecule has 0 atom stereocenters. The quantitative estimate of drug-likeness (QED) is 0.924. The molecule has 0 spiro atoms. The van der Waals surface area contributed by atoms with Crippen LogP contribution in [0.1, 0.15) is 35.7 Å². The van der Waals surface area contributed by atoms with E-state index in [9.17, 15) is 9.59 Å². The third-order valence-electron chi connectivity index (χ3n) is 4.31. The van der Waals surface area contributed by atoms with Crippen molar-refractivity contribution < 1.29 is 9.59 Å². The van der Waals surface area contributed by atoms with Crippen LogP contribution in [-0.2, 0) is 4.79 Å². The Morgan fingerprint density at radius 1 is 1.27 bits per heavy atom. The van der Waals surface area contributed by atoms with E-state index in [4.69, 9.17) is 0 Å². The van der Waals surface area contributed by atoms with E-state index in [2.05, 4.69) is 10.4 Å². The number of amides is 2. The van der Waals surface area contributed by atoms with E-state index in [0.717, 1.165) is 18.5 Å². The highest BCUT2D eigenvalue weighted by atomic mass is 16.2. The number of nitrogens with zero attached hydrogens (tertiary/aromatic N) is 3. The molecular formula is C16H16N4O2. The monoisotopic (exact) mass is 296 g/mol. The van der Waals surface area contributed by atoms with Crippen LogP contribution in [0.15, 0.2) is 36.7 Å². The zero-order valence-corrected chi connectivity index (χ0v) is 12.0. The zero-order valence-electron chi connectivity index (χ0n) is 12.0. The van der Waals surface area contributed by atoms with Gasteiger partial charge < -0.3 is 5.32 Å². The van der Waals surface area contributed by atoms with Gasteiger partial charge in [0.2, 0.25) is 5.91 Å². The van der Waals surface area contributed by atoms with Crippen LogP contribution in [0, 0.1) is 0 Å². The number of fused-ring (bicyclic) bond motifs is 1. The van der Waals surface area contributed by atoms with E-state index in [0.29, 0.717) is 17.3 Å². The first-order valence-corrected chi connectivity index (χ1v) is 7.47. The predicted octanol–water partition coefficient (Wildman–Crippen LogP) is 2.21. The molecule has 1 N–H and O–H groups in total. The number of carbonyl (C=O) groups is 2. The highest BCUT2D eigenvalue weighted by Gasteiger charge is 2.29. The van der Waals surface area contributed by atoms with Crippen LogP contribution in [0.25, 0.3) is 0 Å². The van der Waals surface area contributed by atoms with Gasteiger partial charge in [0, 0.05) is 6.20 Å². The maximum absolute atomic E-state index is 12.7. The number of nitrogens with one attached hydrogen (secondary N) is 1. The first-order chi connectivity index (χ1) is 10.7. The number of rotatable bonds is 2. The lowest BCUT2D eigenvalue weighted by molar-refractivity contribution is -0.115. The Morgan fingerprint density at radius 3 is 2.86 bits per heavy atom. The van der Waals surface area contributed by atoms with Gasteiger partial charge in [-0.25, -0.2) is 0 Å². The van der Waals surface area contributed by atoms with Gasteiger partial charge in [-0.3, -0.25) is 19.2 Å². The molecule has 6 nitrogen and oxygen atoms in total. The third kappa shape index (κ3) is 2.07. The zero-order chi connectivity index (χ0) is 15.1. The number of benzene rings is 1. The second-order valence-electron chi connectivity index (χ2n) is 5.75. The lowest BCUT2D eigenvalue weighted by atomic mass is 9.93. The fourth-order valence-corrected chi connectivity index (χ4v) is 2.87. The Bertz CT molecular complexity index is 748. The van der Waals surface area contributed by atoms with Crippen molar-refractivity contribution in [3.63, 3.8) is 0 Å². The molecule has 22 heavy (non-hydrogen) atoms. The van der Waals surface area contributed by atoms with E-state index < -0.39 is 0 Å². The van der Waals surface area contributed by atoms with E-state index in [1.54, 1.807) is 18.5 Å². The largest absolute Gasteiger partial charge is 0.323 e.